The lowest BCUT2D eigenvalue weighted by atomic mass is 10.2. The van der Waals surface area contributed by atoms with Crippen molar-refractivity contribution in [1.82, 2.24) is 15.3 Å². The topological polar surface area (TPSA) is 108 Å². The molecule has 3 heterocycles. The summed E-state index contributed by atoms with van der Waals surface area (Å²) in [6.45, 7) is 2.98. The molecule has 164 valence electrons. The van der Waals surface area contributed by atoms with Crippen LogP contribution in [-0.4, -0.2) is 54.3 Å². The lowest BCUT2D eigenvalue weighted by molar-refractivity contribution is 0.102. The van der Waals surface area contributed by atoms with E-state index in [1.807, 2.05) is 4.90 Å². The molecule has 0 bridgehead atoms. The van der Waals surface area contributed by atoms with Crippen molar-refractivity contribution in [3.8, 4) is 0 Å². The highest BCUT2D eigenvalue weighted by molar-refractivity contribution is 6.34. The van der Waals surface area contributed by atoms with Crippen molar-refractivity contribution in [3.05, 3.63) is 41.2 Å². The molecule has 3 N–H and O–H groups in total. The van der Waals surface area contributed by atoms with Gasteiger partial charge in [-0.25, -0.2) is 14.8 Å². The number of nitrogens with one attached hydrogen (secondary N) is 3. The number of hydrogen-bond donors (Lipinski definition) is 3. The normalized spacial score (nSPS) is 18.1. The maximum Gasteiger partial charge on any atom is 0.319 e. The Bertz CT molecular complexity index is 927. The summed E-state index contributed by atoms with van der Waals surface area (Å²) in [5, 5.41) is 8.54. The number of carbonyl (C=O) groups is 2. The number of carbonyl (C=O) groups excluding carboxylic acids is 2. The molecular weight excluding hydrogens is 420 g/mol. The number of anilines is 3. The standard InChI is InChI=1S/C21H25ClN6O3/c22-17-13-23-20(28-9-1-2-10-28)27-18(17)19(29)25-14-5-7-15(8-6-14)26-21(30)24-12-16-4-3-11-31-16/h5-8,13,16H,1-4,9-12H2,(H,25,29)(H2,24,26,30)/t16-/m1/s1. The highest BCUT2D eigenvalue weighted by atomic mass is 35.5. The molecular formula is C21H25ClN6O3. The van der Waals surface area contributed by atoms with Gasteiger partial charge in [-0.15, -0.1) is 0 Å². The molecule has 0 radical (unpaired) electrons. The van der Waals surface area contributed by atoms with Crippen LogP contribution in [0.1, 0.15) is 36.2 Å². The molecule has 10 heteroatoms. The van der Waals surface area contributed by atoms with Gasteiger partial charge in [0.05, 0.1) is 17.3 Å². The second-order valence-corrected chi connectivity index (χ2v) is 7.97. The van der Waals surface area contributed by atoms with Crippen LogP contribution in [0.25, 0.3) is 0 Å². The summed E-state index contributed by atoms with van der Waals surface area (Å²) >= 11 is 6.16. The number of amides is 3. The predicted octanol–water partition coefficient (Wildman–Crippen LogP) is 3.28. The van der Waals surface area contributed by atoms with E-state index >= 15 is 0 Å². The zero-order valence-corrected chi connectivity index (χ0v) is 17.8. The fourth-order valence-corrected chi connectivity index (χ4v) is 3.78. The number of aromatic nitrogens is 2. The summed E-state index contributed by atoms with van der Waals surface area (Å²) in [7, 11) is 0. The SMILES string of the molecule is O=C(NC[C@H]1CCCO1)Nc1ccc(NC(=O)c2nc(N3CCCC3)ncc2Cl)cc1. The summed E-state index contributed by atoms with van der Waals surface area (Å²) < 4.78 is 5.48. The highest BCUT2D eigenvalue weighted by Gasteiger charge is 2.20. The maximum absolute atomic E-state index is 12.7. The number of urea groups is 1. The minimum absolute atomic E-state index is 0.0861. The predicted molar refractivity (Wildman–Crippen MR) is 119 cm³/mol. The Balaban J connectivity index is 1.32. The summed E-state index contributed by atoms with van der Waals surface area (Å²) in [4.78, 5) is 35.3. The largest absolute Gasteiger partial charge is 0.376 e. The van der Waals surface area contributed by atoms with Gasteiger partial charge in [0.25, 0.3) is 5.91 Å². The highest BCUT2D eigenvalue weighted by Crippen LogP contribution is 2.21. The molecule has 0 spiro atoms. The molecule has 0 unspecified atom stereocenters. The average Bonchev–Trinajstić information content (AvgIpc) is 3.48. The molecule has 2 aromatic rings. The number of nitrogens with zero attached hydrogens (tertiary/aromatic N) is 3. The van der Waals surface area contributed by atoms with Crippen LogP contribution in [0.5, 0.6) is 0 Å². The summed E-state index contributed by atoms with van der Waals surface area (Å²) in [6.07, 6.45) is 5.70. The van der Waals surface area contributed by atoms with Gasteiger partial charge in [-0.1, -0.05) is 11.6 Å². The first-order valence-corrected chi connectivity index (χ1v) is 10.8. The van der Waals surface area contributed by atoms with E-state index < -0.39 is 5.91 Å². The molecule has 2 saturated heterocycles. The zero-order chi connectivity index (χ0) is 21.6. The van der Waals surface area contributed by atoms with Gasteiger partial charge >= 0.3 is 6.03 Å². The van der Waals surface area contributed by atoms with Crippen molar-refractivity contribution in [1.29, 1.82) is 0 Å². The number of halogens is 1. The summed E-state index contributed by atoms with van der Waals surface area (Å²) in [5.74, 6) is 0.100. The van der Waals surface area contributed by atoms with Crippen molar-refractivity contribution < 1.29 is 14.3 Å². The Hall–Kier alpha value is -2.91. The lowest BCUT2D eigenvalue weighted by Gasteiger charge is -2.16. The summed E-state index contributed by atoms with van der Waals surface area (Å²) in [5.41, 5.74) is 1.31. The molecule has 31 heavy (non-hydrogen) atoms. The third kappa shape index (κ3) is 5.62. The van der Waals surface area contributed by atoms with Gasteiger partial charge in [0, 0.05) is 37.6 Å². The second-order valence-electron chi connectivity index (χ2n) is 7.56. The first-order chi connectivity index (χ1) is 15.1. The lowest BCUT2D eigenvalue weighted by Crippen LogP contribution is -2.35. The van der Waals surface area contributed by atoms with Gasteiger partial charge in [0.1, 0.15) is 0 Å². The van der Waals surface area contributed by atoms with Crippen molar-refractivity contribution in [2.45, 2.75) is 31.8 Å². The Labute approximate surface area is 185 Å². The van der Waals surface area contributed by atoms with E-state index in [-0.39, 0.29) is 22.9 Å². The van der Waals surface area contributed by atoms with Gasteiger partial charge in [-0.2, -0.15) is 0 Å². The van der Waals surface area contributed by atoms with E-state index in [4.69, 9.17) is 16.3 Å². The number of rotatable bonds is 6. The van der Waals surface area contributed by atoms with Gasteiger partial charge in [0.2, 0.25) is 5.95 Å². The smallest absolute Gasteiger partial charge is 0.319 e. The minimum atomic E-state index is -0.414. The van der Waals surface area contributed by atoms with E-state index in [9.17, 15) is 9.59 Å². The van der Waals surface area contributed by atoms with Gasteiger partial charge in [-0.3, -0.25) is 4.79 Å². The van der Waals surface area contributed by atoms with Gasteiger partial charge < -0.3 is 25.6 Å². The summed E-state index contributed by atoms with van der Waals surface area (Å²) in [6, 6.07) is 6.51. The maximum atomic E-state index is 12.7. The van der Waals surface area contributed by atoms with Crippen molar-refractivity contribution in [3.63, 3.8) is 0 Å². The van der Waals surface area contributed by atoms with Crippen molar-refractivity contribution in [2.24, 2.45) is 0 Å². The Morgan fingerprint density at radius 3 is 2.48 bits per heavy atom. The Morgan fingerprint density at radius 2 is 1.81 bits per heavy atom. The molecule has 0 saturated carbocycles. The second kappa shape index (κ2) is 9.93. The first-order valence-electron chi connectivity index (χ1n) is 10.4. The van der Waals surface area contributed by atoms with Crippen LogP contribution < -0.4 is 20.9 Å². The van der Waals surface area contributed by atoms with Gasteiger partial charge in [-0.05, 0) is 49.9 Å². The van der Waals surface area contributed by atoms with E-state index in [1.54, 1.807) is 24.3 Å². The molecule has 1 aromatic heterocycles. The van der Waals surface area contributed by atoms with Gasteiger partial charge in [0.15, 0.2) is 5.69 Å². The molecule has 9 nitrogen and oxygen atoms in total. The number of ether oxygens (including phenoxy) is 1. The van der Waals surface area contributed by atoms with E-state index in [0.29, 0.717) is 23.9 Å². The number of hydrogen-bond acceptors (Lipinski definition) is 6. The average molecular weight is 445 g/mol. The molecule has 1 atom stereocenters. The zero-order valence-electron chi connectivity index (χ0n) is 17.1. The van der Waals surface area contributed by atoms with Crippen LogP contribution in [0.15, 0.2) is 30.5 Å². The van der Waals surface area contributed by atoms with Crippen molar-refractivity contribution >= 4 is 40.9 Å². The fraction of sp³-hybridized carbons (Fsp3) is 0.429. The minimum Gasteiger partial charge on any atom is -0.376 e. The molecule has 2 aliphatic heterocycles. The van der Waals surface area contributed by atoms with E-state index in [0.717, 1.165) is 45.4 Å². The fourth-order valence-electron chi connectivity index (χ4n) is 3.60. The molecule has 1 aromatic carbocycles. The monoisotopic (exact) mass is 444 g/mol. The molecule has 2 fully saturated rings. The first kappa shape index (κ1) is 21.3. The van der Waals surface area contributed by atoms with Crippen LogP contribution >= 0.6 is 11.6 Å². The molecule has 0 aliphatic carbocycles. The van der Waals surface area contributed by atoms with Crippen LogP contribution in [0.2, 0.25) is 5.02 Å². The van der Waals surface area contributed by atoms with E-state index in [2.05, 4.69) is 25.9 Å². The molecule has 2 aliphatic rings. The molecule has 3 amide bonds. The third-order valence-electron chi connectivity index (χ3n) is 5.25. The van der Waals surface area contributed by atoms with Crippen LogP contribution in [0.4, 0.5) is 22.1 Å². The quantitative estimate of drug-likeness (QED) is 0.631. The van der Waals surface area contributed by atoms with Crippen LogP contribution in [0, 0.1) is 0 Å². The number of benzene rings is 1. The van der Waals surface area contributed by atoms with Crippen molar-refractivity contribution in [2.75, 3.05) is 41.8 Å². The third-order valence-corrected chi connectivity index (χ3v) is 5.53. The van der Waals surface area contributed by atoms with Crippen LogP contribution in [0.3, 0.4) is 0 Å². The Morgan fingerprint density at radius 1 is 1.10 bits per heavy atom. The van der Waals surface area contributed by atoms with E-state index in [1.165, 1.54) is 6.20 Å². The van der Waals surface area contributed by atoms with Crippen LogP contribution in [-0.2, 0) is 4.74 Å². The Kier molecular flexibility index (Phi) is 6.83. The molecule has 4 rings (SSSR count).